The number of nitrogens with one attached hydrogen (secondary N) is 2. The van der Waals surface area contributed by atoms with Crippen molar-refractivity contribution in [3.8, 4) is 0 Å². The number of benzene rings is 2. The summed E-state index contributed by atoms with van der Waals surface area (Å²) in [6.07, 6.45) is 5.01. The average Bonchev–Trinajstić information content (AvgIpc) is 3.09. The zero-order valence-corrected chi connectivity index (χ0v) is 16.3. The Kier molecular flexibility index (Phi) is 5.48. The van der Waals surface area contributed by atoms with Crippen molar-refractivity contribution in [1.29, 1.82) is 0 Å². The first-order valence-electron chi connectivity index (χ1n) is 8.90. The normalized spacial score (nSPS) is 12.3. The molecule has 0 aliphatic carbocycles. The SMILES string of the molecule is CNCc1cn([S+]([O-])c2cccnc2)c2cc(Nc3cc(F)ccc3F)ccc12. The van der Waals surface area contributed by atoms with E-state index in [1.54, 1.807) is 40.6 Å². The minimum Gasteiger partial charge on any atom is -0.587 e. The third-order valence-electron chi connectivity index (χ3n) is 4.44. The lowest BCUT2D eigenvalue weighted by molar-refractivity contribution is 0.587. The molecule has 2 aromatic carbocycles. The Hall–Kier alpha value is -2.94. The summed E-state index contributed by atoms with van der Waals surface area (Å²) in [6.45, 7) is 0.596. The number of hydrogen-bond acceptors (Lipinski definition) is 4. The Morgan fingerprint density at radius 3 is 2.76 bits per heavy atom. The van der Waals surface area contributed by atoms with Gasteiger partial charge in [-0.15, -0.1) is 0 Å². The van der Waals surface area contributed by atoms with Crippen molar-refractivity contribution >= 4 is 33.6 Å². The van der Waals surface area contributed by atoms with Gasteiger partial charge in [0.1, 0.15) is 28.5 Å². The van der Waals surface area contributed by atoms with Crippen molar-refractivity contribution in [1.82, 2.24) is 14.3 Å². The number of halogens is 2. The molecule has 0 fully saturated rings. The quantitative estimate of drug-likeness (QED) is 0.462. The first kappa shape index (κ1) is 19.4. The van der Waals surface area contributed by atoms with Gasteiger partial charge in [-0.25, -0.2) is 8.78 Å². The summed E-state index contributed by atoms with van der Waals surface area (Å²) in [7, 11) is 1.84. The first-order chi connectivity index (χ1) is 14.1. The lowest BCUT2D eigenvalue weighted by Gasteiger charge is -2.12. The Bertz CT molecular complexity index is 1150. The van der Waals surface area contributed by atoms with Crippen LogP contribution < -0.4 is 10.6 Å². The minimum absolute atomic E-state index is 0.0336. The molecule has 1 unspecified atom stereocenters. The molecule has 0 radical (unpaired) electrons. The summed E-state index contributed by atoms with van der Waals surface area (Å²) in [5.41, 5.74) is 2.27. The summed E-state index contributed by atoms with van der Waals surface area (Å²) in [5.74, 6) is -1.09. The molecule has 1 atom stereocenters. The molecule has 29 heavy (non-hydrogen) atoms. The largest absolute Gasteiger partial charge is 0.587 e. The second kappa shape index (κ2) is 8.20. The molecule has 0 saturated carbocycles. The molecule has 0 saturated heterocycles. The number of aromatic nitrogens is 2. The minimum atomic E-state index is -1.50. The molecule has 148 valence electrons. The van der Waals surface area contributed by atoms with Crippen LogP contribution in [0.25, 0.3) is 10.9 Å². The van der Waals surface area contributed by atoms with E-state index in [4.69, 9.17) is 0 Å². The number of hydrogen-bond donors (Lipinski definition) is 2. The van der Waals surface area contributed by atoms with Gasteiger partial charge >= 0.3 is 0 Å². The second-order valence-electron chi connectivity index (χ2n) is 6.43. The van der Waals surface area contributed by atoms with Gasteiger partial charge in [0.05, 0.1) is 18.1 Å². The molecule has 4 aromatic rings. The maximum Gasteiger partial charge on any atom is 0.198 e. The molecule has 0 spiro atoms. The van der Waals surface area contributed by atoms with Crippen LogP contribution in [0.4, 0.5) is 20.2 Å². The van der Waals surface area contributed by atoms with Gasteiger partial charge in [0.25, 0.3) is 0 Å². The number of nitrogens with zero attached hydrogens (tertiary/aromatic N) is 2. The molecular weight excluding hydrogens is 394 g/mol. The second-order valence-corrected chi connectivity index (χ2v) is 7.79. The van der Waals surface area contributed by atoms with Gasteiger partial charge in [-0.3, -0.25) is 4.98 Å². The fourth-order valence-corrected chi connectivity index (χ4v) is 4.25. The number of anilines is 2. The standard InChI is InChI=1S/C21H18F2N4OS/c1-24-11-14-13-27(29(28)17-3-2-8-25-12-17)21-10-16(5-6-18(14)21)26-20-9-15(22)4-7-19(20)23/h2-10,12-13,24,26H,11H2,1H3. The molecule has 2 aromatic heterocycles. The highest BCUT2D eigenvalue weighted by molar-refractivity contribution is 7.90. The van der Waals surface area contributed by atoms with Gasteiger partial charge in [-0.1, -0.05) is 6.07 Å². The van der Waals surface area contributed by atoms with Crippen LogP contribution in [-0.2, 0) is 17.9 Å². The molecule has 4 rings (SSSR count). The van der Waals surface area contributed by atoms with E-state index in [-0.39, 0.29) is 5.69 Å². The highest BCUT2D eigenvalue weighted by Crippen LogP contribution is 2.30. The van der Waals surface area contributed by atoms with Crippen LogP contribution in [0, 0.1) is 11.6 Å². The fourth-order valence-electron chi connectivity index (χ4n) is 3.13. The molecule has 2 N–H and O–H groups in total. The molecule has 0 aliphatic heterocycles. The lowest BCUT2D eigenvalue weighted by atomic mass is 10.1. The topological polar surface area (TPSA) is 64.9 Å². The fraction of sp³-hybridized carbons (Fsp3) is 0.0952. The van der Waals surface area contributed by atoms with E-state index in [1.165, 1.54) is 0 Å². The van der Waals surface area contributed by atoms with Crippen molar-refractivity contribution < 1.29 is 13.3 Å². The Morgan fingerprint density at radius 1 is 1.14 bits per heavy atom. The van der Waals surface area contributed by atoms with Crippen LogP contribution in [0.15, 0.2) is 72.0 Å². The zero-order valence-electron chi connectivity index (χ0n) is 15.5. The summed E-state index contributed by atoms with van der Waals surface area (Å²) < 4.78 is 42.3. The first-order valence-corrected chi connectivity index (χ1v) is 10.0. The molecule has 0 bridgehead atoms. The van der Waals surface area contributed by atoms with Gasteiger partial charge in [0.2, 0.25) is 0 Å². The van der Waals surface area contributed by atoms with Crippen molar-refractivity contribution in [2.45, 2.75) is 11.4 Å². The summed E-state index contributed by atoms with van der Waals surface area (Å²) in [4.78, 5) is 4.60. The monoisotopic (exact) mass is 412 g/mol. The molecule has 2 heterocycles. The van der Waals surface area contributed by atoms with Crippen LogP contribution in [0.2, 0.25) is 0 Å². The van der Waals surface area contributed by atoms with E-state index in [0.29, 0.717) is 22.6 Å². The molecule has 5 nitrogen and oxygen atoms in total. The van der Waals surface area contributed by atoms with E-state index < -0.39 is 23.0 Å². The van der Waals surface area contributed by atoms with Gasteiger partial charge in [-0.05, 0) is 49.0 Å². The van der Waals surface area contributed by atoms with Crippen LogP contribution in [0.5, 0.6) is 0 Å². The number of rotatable bonds is 6. The maximum atomic E-state index is 14.0. The maximum absolute atomic E-state index is 14.0. The van der Waals surface area contributed by atoms with Crippen LogP contribution in [-0.4, -0.2) is 20.6 Å². The van der Waals surface area contributed by atoms with E-state index in [0.717, 1.165) is 29.1 Å². The average molecular weight is 412 g/mol. The summed E-state index contributed by atoms with van der Waals surface area (Å²) >= 11 is -1.50. The zero-order chi connectivity index (χ0) is 20.4. The predicted molar refractivity (Wildman–Crippen MR) is 110 cm³/mol. The lowest BCUT2D eigenvalue weighted by Crippen LogP contribution is -2.12. The molecule has 0 aliphatic rings. The molecule has 8 heteroatoms. The summed E-state index contributed by atoms with van der Waals surface area (Å²) in [6, 6.07) is 12.1. The molecule has 0 amide bonds. The van der Waals surface area contributed by atoms with Gasteiger partial charge in [0, 0.05) is 29.9 Å². The van der Waals surface area contributed by atoms with Crippen LogP contribution in [0.1, 0.15) is 5.56 Å². The van der Waals surface area contributed by atoms with Crippen LogP contribution in [0.3, 0.4) is 0 Å². The van der Waals surface area contributed by atoms with E-state index >= 15 is 0 Å². The summed E-state index contributed by atoms with van der Waals surface area (Å²) in [5, 5.41) is 6.92. The van der Waals surface area contributed by atoms with E-state index in [9.17, 15) is 13.3 Å². The van der Waals surface area contributed by atoms with Gasteiger partial charge in [-0.2, -0.15) is 3.97 Å². The van der Waals surface area contributed by atoms with Gasteiger partial charge < -0.3 is 15.2 Å². The van der Waals surface area contributed by atoms with Crippen LogP contribution >= 0.6 is 0 Å². The molecular formula is C21H18F2N4OS. The van der Waals surface area contributed by atoms with E-state index in [2.05, 4.69) is 15.6 Å². The smallest absolute Gasteiger partial charge is 0.198 e. The third kappa shape index (κ3) is 3.95. The Balaban J connectivity index is 1.79. The Morgan fingerprint density at radius 2 is 2.00 bits per heavy atom. The van der Waals surface area contributed by atoms with Crippen molar-refractivity contribution in [3.63, 3.8) is 0 Å². The highest BCUT2D eigenvalue weighted by Gasteiger charge is 2.20. The third-order valence-corrected chi connectivity index (χ3v) is 5.75. The highest BCUT2D eigenvalue weighted by atomic mass is 32.2. The van der Waals surface area contributed by atoms with E-state index in [1.807, 2.05) is 19.3 Å². The van der Waals surface area contributed by atoms with Gasteiger partial charge in [0.15, 0.2) is 4.90 Å². The number of pyridine rings is 1. The number of fused-ring (bicyclic) bond motifs is 1. The predicted octanol–water partition coefficient (Wildman–Crippen LogP) is 4.35. The van der Waals surface area contributed by atoms with Crippen molar-refractivity contribution in [2.24, 2.45) is 0 Å². The van der Waals surface area contributed by atoms with Crippen molar-refractivity contribution in [2.75, 3.05) is 12.4 Å². The Labute approximate surface area is 169 Å². The van der Waals surface area contributed by atoms with Crippen molar-refractivity contribution in [3.05, 3.63) is 84.3 Å².